The molecule has 1 N–H and O–H groups in total. The van der Waals surface area contributed by atoms with Gasteiger partial charge in [0.25, 0.3) is 17.1 Å². The van der Waals surface area contributed by atoms with Gasteiger partial charge in [0.2, 0.25) is 0 Å². The zero-order chi connectivity index (χ0) is 21.5. The van der Waals surface area contributed by atoms with Crippen molar-refractivity contribution in [3.8, 4) is 11.5 Å². The second kappa shape index (κ2) is 9.93. The van der Waals surface area contributed by atoms with Gasteiger partial charge in [0.15, 0.2) is 6.61 Å². The van der Waals surface area contributed by atoms with Crippen LogP contribution in [0.25, 0.3) is 6.08 Å². The Labute approximate surface area is 176 Å². The third-order valence-corrected chi connectivity index (χ3v) is 5.04. The summed E-state index contributed by atoms with van der Waals surface area (Å²) in [6.45, 7) is -0.114. The largest absolute Gasteiger partial charge is 0.497 e. The van der Waals surface area contributed by atoms with Gasteiger partial charge >= 0.3 is 0 Å². The van der Waals surface area contributed by atoms with Crippen LogP contribution in [0, 0.1) is 5.82 Å². The first-order valence-corrected chi connectivity index (χ1v) is 9.82. The van der Waals surface area contributed by atoms with E-state index in [0.29, 0.717) is 16.4 Å². The minimum absolute atomic E-state index is 0.0485. The average Bonchev–Trinajstić information content (AvgIpc) is 3.01. The molecule has 0 saturated carbocycles. The summed E-state index contributed by atoms with van der Waals surface area (Å²) in [6, 6.07) is 12.4. The molecule has 30 heavy (non-hydrogen) atoms. The van der Waals surface area contributed by atoms with Crippen LogP contribution in [-0.2, 0) is 9.59 Å². The summed E-state index contributed by atoms with van der Waals surface area (Å²) in [5.41, 5.74) is 0.771. The van der Waals surface area contributed by atoms with Crippen LogP contribution in [0.5, 0.6) is 11.5 Å². The fraction of sp³-hybridized carbons (Fsp3) is 0.190. The molecule has 0 spiro atoms. The highest BCUT2D eigenvalue weighted by molar-refractivity contribution is 8.18. The zero-order valence-corrected chi connectivity index (χ0v) is 16.9. The van der Waals surface area contributed by atoms with Gasteiger partial charge in [-0.2, -0.15) is 0 Å². The molecule has 7 nitrogen and oxygen atoms in total. The monoisotopic (exact) mass is 430 g/mol. The number of imide groups is 1. The molecular formula is C21H19FN2O5S. The molecule has 0 unspecified atom stereocenters. The molecule has 156 valence electrons. The van der Waals surface area contributed by atoms with Crippen LogP contribution >= 0.6 is 11.8 Å². The fourth-order valence-electron chi connectivity index (χ4n) is 2.58. The Bertz CT molecular complexity index is 960. The minimum Gasteiger partial charge on any atom is -0.497 e. The summed E-state index contributed by atoms with van der Waals surface area (Å²) in [5, 5.41) is 2.19. The van der Waals surface area contributed by atoms with E-state index in [0.717, 1.165) is 22.2 Å². The number of benzene rings is 2. The van der Waals surface area contributed by atoms with E-state index in [1.54, 1.807) is 37.5 Å². The predicted molar refractivity (Wildman–Crippen MR) is 111 cm³/mol. The Morgan fingerprint density at radius 2 is 1.77 bits per heavy atom. The van der Waals surface area contributed by atoms with E-state index >= 15 is 0 Å². The molecular weight excluding hydrogens is 411 g/mol. The van der Waals surface area contributed by atoms with Crippen molar-refractivity contribution in [1.82, 2.24) is 10.2 Å². The lowest BCUT2D eigenvalue weighted by Gasteiger charge is -2.13. The molecule has 9 heteroatoms. The third-order valence-electron chi connectivity index (χ3n) is 4.13. The van der Waals surface area contributed by atoms with Crippen molar-refractivity contribution in [3.05, 3.63) is 64.8 Å². The summed E-state index contributed by atoms with van der Waals surface area (Å²) in [4.78, 5) is 37.9. The molecule has 3 rings (SSSR count). The van der Waals surface area contributed by atoms with E-state index in [4.69, 9.17) is 9.47 Å². The van der Waals surface area contributed by atoms with E-state index in [-0.39, 0.29) is 19.7 Å². The average molecular weight is 430 g/mol. The molecule has 1 aliphatic heterocycles. The number of thioether (sulfide) groups is 1. The van der Waals surface area contributed by atoms with Crippen molar-refractivity contribution in [2.75, 3.05) is 26.8 Å². The number of carbonyl (C=O) groups excluding carboxylic acids is 3. The molecule has 2 aromatic rings. The van der Waals surface area contributed by atoms with E-state index in [9.17, 15) is 18.8 Å². The molecule has 3 amide bonds. The van der Waals surface area contributed by atoms with Gasteiger partial charge in [-0.25, -0.2) is 4.39 Å². The number of nitrogens with one attached hydrogen (secondary N) is 1. The van der Waals surface area contributed by atoms with Gasteiger partial charge in [-0.1, -0.05) is 12.1 Å². The van der Waals surface area contributed by atoms with Gasteiger partial charge in [-0.15, -0.1) is 0 Å². The number of halogens is 1. The number of hydrogen-bond acceptors (Lipinski definition) is 6. The lowest BCUT2D eigenvalue weighted by atomic mass is 10.2. The van der Waals surface area contributed by atoms with Gasteiger partial charge in [0, 0.05) is 13.1 Å². The summed E-state index contributed by atoms with van der Waals surface area (Å²) in [7, 11) is 1.56. The fourth-order valence-corrected chi connectivity index (χ4v) is 3.45. The van der Waals surface area contributed by atoms with Gasteiger partial charge < -0.3 is 14.8 Å². The van der Waals surface area contributed by atoms with Crippen LogP contribution in [0.4, 0.5) is 9.18 Å². The second-order valence-corrected chi connectivity index (χ2v) is 7.19. The van der Waals surface area contributed by atoms with Crippen LogP contribution < -0.4 is 14.8 Å². The number of amides is 3. The molecule has 1 aliphatic rings. The number of methoxy groups -OCH3 is 1. The van der Waals surface area contributed by atoms with Gasteiger partial charge in [-0.3, -0.25) is 19.3 Å². The SMILES string of the molecule is COc1ccc(/C=C2\SC(=O)N(CCNC(=O)COc3ccc(F)cc3)C2=O)cc1. The van der Waals surface area contributed by atoms with Crippen LogP contribution in [0.15, 0.2) is 53.4 Å². The van der Waals surface area contributed by atoms with Gasteiger partial charge in [0.1, 0.15) is 17.3 Å². The highest BCUT2D eigenvalue weighted by Gasteiger charge is 2.34. The quantitative estimate of drug-likeness (QED) is 0.648. The smallest absolute Gasteiger partial charge is 0.293 e. The summed E-state index contributed by atoms with van der Waals surface area (Å²) < 4.78 is 23.2. The third kappa shape index (κ3) is 5.60. The Hall–Kier alpha value is -3.33. The lowest BCUT2D eigenvalue weighted by Crippen LogP contribution is -2.38. The summed E-state index contributed by atoms with van der Waals surface area (Å²) in [5.74, 6) is -0.164. The Morgan fingerprint density at radius 1 is 1.10 bits per heavy atom. The van der Waals surface area contributed by atoms with Gasteiger partial charge in [0.05, 0.1) is 12.0 Å². The lowest BCUT2D eigenvalue weighted by molar-refractivity contribution is -0.125. The molecule has 0 atom stereocenters. The standard InChI is InChI=1S/C21H19FN2O5S/c1-28-16-6-2-14(3-7-16)12-18-20(26)24(21(27)30-18)11-10-23-19(25)13-29-17-8-4-15(22)5-9-17/h2-9,12H,10-11,13H2,1H3,(H,23,25)/b18-12-. The first-order chi connectivity index (χ1) is 14.5. The molecule has 0 bridgehead atoms. The Balaban J connectivity index is 1.47. The zero-order valence-electron chi connectivity index (χ0n) is 16.1. The van der Waals surface area contributed by atoms with Crippen molar-refractivity contribution in [2.24, 2.45) is 0 Å². The number of hydrogen-bond donors (Lipinski definition) is 1. The normalized spacial score (nSPS) is 14.9. The van der Waals surface area contributed by atoms with Crippen LogP contribution in [0.3, 0.4) is 0 Å². The molecule has 0 radical (unpaired) electrons. The van der Waals surface area contributed by atoms with Crippen LogP contribution in [0.2, 0.25) is 0 Å². The molecule has 0 aliphatic carbocycles. The molecule has 0 aromatic heterocycles. The second-order valence-electron chi connectivity index (χ2n) is 6.20. The van der Waals surface area contributed by atoms with Crippen molar-refractivity contribution >= 4 is 34.9 Å². The van der Waals surface area contributed by atoms with Crippen LogP contribution in [0.1, 0.15) is 5.56 Å². The maximum Gasteiger partial charge on any atom is 0.293 e. The van der Waals surface area contributed by atoms with E-state index < -0.39 is 22.9 Å². The van der Waals surface area contributed by atoms with Crippen molar-refractivity contribution in [2.45, 2.75) is 0 Å². The molecule has 2 aromatic carbocycles. The first kappa shape index (κ1) is 21.4. The highest BCUT2D eigenvalue weighted by atomic mass is 32.2. The van der Waals surface area contributed by atoms with Crippen molar-refractivity contribution in [1.29, 1.82) is 0 Å². The molecule has 1 heterocycles. The summed E-state index contributed by atoms with van der Waals surface area (Å²) >= 11 is 0.853. The molecule has 1 fully saturated rings. The Morgan fingerprint density at radius 3 is 2.43 bits per heavy atom. The predicted octanol–water partition coefficient (Wildman–Crippen LogP) is 3.07. The summed E-state index contributed by atoms with van der Waals surface area (Å²) in [6.07, 6.45) is 1.64. The van der Waals surface area contributed by atoms with E-state index in [1.165, 1.54) is 24.3 Å². The van der Waals surface area contributed by atoms with E-state index in [2.05, 4.69) is 5.32 Å². The molecule has 1 saturated heterocycles. The maximum absolute atomic E-state index is 12.8. The number of carbonyl (C=O) groups is 3. The Kier molecular flexibility index (Phi) is 7.08. The number of ether oxygens (including phenoxy) is 2. The first-order valence-electron chi connectivity index (χ1n) is 9.01. The van der Waals surface area contributed by atoms with E-state index in [1.807, 2.05) is 0 Å². The topological polar surface area (TPSA) is 84.9 Å². The number of rotatable bonds is 8. The maximum atomic E-state index is 12.8. The minimum atomic E-state index is -0.417. The number of nitrogens with zero attached hydrogens (tertiary/aromatic N) is 1. The van der Waals surface area contributed by atoms with Crippen molar-refractivity contribution in [3.63, 3.8) is 0 Å². The highest BCUT2D eigenvalue weighted by Crippen LogP contribution is 2.32. The van der Waals surface area contributed by atoms with Crippen molar-refractivity contribution < 1.29 is 28.2 Å². The van der Waals surface area contributed by atoms with Crippen LogP contribution in [-0.4, -0.2) is 48.8 Å². The van der Waals surface area contributed by atoms with Gasteiger partial charge in [-0.05, 0) is 59.8 Å².